The number of halogens is 4. The average Bonchev–Trinajstić information content (AvgIpc) is 2.85. The number of rotatable bonds is 6. The van der Waals surface area contributed by atoms with E-state index < -0.39 is 11.9 Å². The monoisotopic (exact) mass is 332 g/mol. The molecule has 0 amide bonds. The third kappa shape index (κ3) is 4.48. The van der Waals surface area contributed by atoms with Crippen LogP contribution in [0, 0.1) is 0 Å². The maximum Gasteiger partial charge on any atom is 0.435 e. The number of alkyl halides is 3. The Morgan fingerprint density at radius 3 is 2.41 bits per heavy atom. The quantitative estimate of drug-likeness (QED) is 0.875. The first kappa shape index (κ1) is 16.8. The topological polar surface area (TPSA) is 38.0 Å². The first-order valence-electron chi connectivity index (χ1n) is 6.89. The Morgan fingerprint density at radius 1 is 1.14 bits per heavy atom. The van der Waals surface area contributed by atoms with Crippen molar-refractivity contribution < 1.29 is 18.3 Å². The van der Waals surface area contributed by atoms with Crippen molar-refractivity contribution in [2.45, 2.75) is 32.0 Å². The van der Waals surface area contributed by atoms with Gasteiger partial charge in [-0.2, -0.15) is 18.3 Å². The molecule has 0 unspecified atom stereocenters. The van der Waals surface area contributed by atoms with Gasteiger partial charge in [-0.25, -0.2) is 0 Å². The molecular formula is C15H16ClF3N2O. The highest BCUT2D eigenvalue weighted by atomic mass is 35.5. The van der Waals surface area contributed by atoms with Crippen LogP contribution in [0.4, 0.5) is 13.2 Å². The summed E-state index contributed by atoms with van der Waals surface area (Å²) in [5, 5.41) is 13.1. The zero-order valence-electron chi connectivity index (χ0n) is 11.8. The predicted octanol–water partition coefficient (Wildman–Crippen LogP) is 3.72. The molecule has 22 heavy (non-hydrogen) atoms. The second-order valence-corrected chi connectivity index (χ2v) is 5.40. The van der Waals surface area contributed by atoms with Crippen LogP contribution in [0.5, 0.6) is 0 Å². The standard InChI is InChI=1S/C15H16ClF3N2O/c16-13-5-3-11(4-6-13)2-1-8-21-10-12(7-9-22)14(20-21)15(17,18)19/h3-6,10,22H,1-2,7-9H2. The smallest absolute Gasteiger partial charge is 0.396 e. The van der Waals surface area contributed by atoms with Gasteiger partial charge in [-0.1, -0.05) is 23.7 Å². The number of aliphatic hydroxyl groups excluding tert-OH is 1. The highest BCUT2D eigenvalue weighted by molar-refractivity contribution is 6.30. The van der Waals surface area contributed by atoms with Crippen molar-refractivity contribution in [1.82, 2.24) is 9.78 Å². The number of aromatic nitrogens is 2. The lowest BCUT2D eigenvalue weighted by atomic mass is 10.1. The Bertz CT molecular complexity index is 608. The van der Waals surface area contributed by atoms with Crippen LogP contribution in [-0.2, 0) is 25.6 Å². The van der Waals surface area contributed by atoms with Crippen molar-refractivity contribution in [2.24, 2.45) is 0 Å². The number of hydrogen-bond acceptors (Lipinski definition) is 2. The molecule has 120 valence electrons. The van der Waals surface area contributed by atoms with E-state index >= 15 is 0 Å². The van der Waals surface area contributed by atoms with Crippen molar-refractivity contribution in [1.29, 1.82) is 0 Å². The summed E-state index contributed by atoms with van der Waals surface area (Å²) in [7, 11) is 0. The van der Waals surface area contributed by atoms with Crippen LogP contribution < -0.4 is 0 Å². The predicted molar refractivity (Wildman–Crippen MR) is 77.8 cm³/mol. The molecule has 0 saturated heterocycles. The van der Waals surface area contributed by atoms with Gasteiger partial charge < -0.3 is 5.11 Å². The molecule has 7 heteroatoms. The summed E-state index contributed by atoms with van der Waals surface area (Å²) >= 11 is 5.79. The third-order valence-corrected chi connectivity index (χ3v) is 3.51. The maximum atomic E-state index is 12.8. The van der Waals surface area contributed by atoms with Gasteiger partial charge in [0.2, 0.25) is 0 Å². The zero-order valence-corrected chi connectivity index (χ0v) is 12.5. The molecule has 0 aliphatic carbocycles. The average molecular weight is 333 g/mol. The summed E-state index contributed by atoms with van der Waals surface area (Å²) < 4.78 is 39.8. The van der Waals surface area contributed by atoms with Gasteiger partial charge in [0.15, 0.2) is 5.69 Å². The van der Waals surface area contributed by atoms with Crippen molar-refractivity contribution in [3.63, 3.8) is 0 Å². The lowest BCUT2D eigenvalue weighted by molar-refractivity contribution is -0.142. The van der Waals surface area contributed by atoms with Gasteiger partial charge in [-0.3, -0.25) is 4.68 Å². The second-order valence-electron chi connectivity index (χ2n) is 4.97. The first-order valence-corrected chi connectivity index (χ1v) is 7.27. The summed E-state index contributed by atoms with van der Waals surface area (Å²) in [6.45, 7) is 0.0523. The highest BCUT2D eigenvalue weighted by Crippen LogP contribution is 2.30. The number of nitrogens with zero attached hydrogens (tertiary/aromatic N) is 2. The van der Waals surface area contributed by atoms with E-state index in [1.54, 1.807) is 12.1 Å². The van der Waals surface area contributed by atoms with Crippen LogP contribution in [0.1, 0.15) is 23.2 Å². The Labute approximate surface area is 131 Å². The van der Waals surface area contributed by atoms with Gasteiger partial charge in [0.25, 0.3) is 0 Å². The lowest BCUT2D eigenvalue weighted by Gasteiger charge is -2.04. The van der Waals surface area contributed by atoms with Gasteiger partial charge >= 0.3 is 6.18 Å². The molecule has 0 saturated carbocycles. The molecule has 0 spiro atoms. The molecule has 0 fully saturated rings. The van der Waals surface area contributed by atoms with Crippen molar-refractivity contribution in [3.05, 3.63) is 52.3 Å². The molecule has 1 N–H and O–H groups in total. The first-order chi connectivity index (χ1) is 10.4. The van der Waals surface area contributed by atoms with E-state index in [1.807, 2.05) is 12.1 Å². The summed E-state index contributed by atoms with van der Waals surface area (Å²) in [6, 6.07) is 7.35. The number of aliphatic hydroxyl groups is 1. The Hall–Kier alpha value is -1.53. The van der Waals surface area contributed by atoms with Crippen LogP contribution in [0.2, 0.25) is 5.02 Å². The number of benzene rings is 1. The van der Waals surface area contributed by atoms with Crippen molar-refractivity contribution >= 4 is 11.6 Å². The van der Waals surface area contributed by atoms with Crippen LogP contribution in [-0.4, -0.2) is 21.5 Å². The van der Waals surface area contributed by atoms with Crippen molar-refractivity contribution in [3.8, 4) is 0 Å². The molecule has 2 rings (SSSR count). The lowest BCUT2D eigenvalue weighted by Crippen LogP contribution is -2.10. The van der Waals surface area contributed by atoms with E-state index in [-0.39, 0.29) is 18.6 Å². The third-order valence-electron chi connectivity index (χ3n) is 3.25. The van der Waals surface area contributed by atoms with Crippen LogP contribution in [0.3, 0.4) is 0 Å². The Kier molecular flexibility index (Phi) is 5.47. The molecule has 1 aromatic heterocycles. The normalized spacial score (nSPS) is 11.9. The van der Waals surface area contributed by atoms with Gasteiger partial charge in [0, 0.05) is 29.9 Å². The number of aryl methyl sites for hydroxylation is 2. The molecular weight excluding hydrogens is 317 g/mol. The van der Waals surface area contributed by atoms with Gasteiger partial charge in [-0.15, -0.1) is 0 Å². The van der Waals surface area contributed by atoms with Crippen molar-refractivity contribution in [2.75, 3.05) is 6.61 Å². The molecule has 0 radical (unpaired) electrons. The SMILES string of the molecule is OCCc1cn(CCCc2ccc(Cl)cc2)nc1C(F)(F)F. The fraction of sp³-hybridized carbons (Fsp3) is 0.400. The molecule has 3 nitrogen and oxygen atoms in total. The Balaban J connectivity index is 1.99. The van der Waals surface area contributed by atoms with E-state index in [0.717, 1.165) is 12.0 Å². The van der Waals surface area contributed by atoms with E-state index in [0.29, 0.717) is 18.0 Å². The van der Waals surface area contributed by atoms with Gasteiger partial charge in [0.1, 0.15) is 0 Å². The van der Waals surface area contributed by atoms with E-state index in [9.17, 15) is 13.2 Å². The van der Waals surface area contributed by atoms with Gasteiger partial charge in [0.05, 0.1) is 0 Å². The zero-order chi connectivity index (χ0) is 16.2. The summed E-state index contributed by atoms with van der Waals surface area (Å²) in [5.74, 6) is 0. The van der Waals surface area contributed by atoms with E-state index in [1.165, 1.54) is 10.9 Å². The minimum atomic E-state index is -4.49. The van der Waals surface area contributed by atoms with Crippen LogP contribution >= 0.6 is 11.6 Å². The molecule has 0 bridgehead atoms. The summed E-state index contributed by atoms with van der Waals surface area (Å²) in [5.41, 5.74) is 0.192. The minimum Gasteiger partial charge on any atom is -0.396 e. The van der Waals surface area contributed by atoms with Gasteiger partial charge in [-0.05, 0) is 37.0 Å². The summed E-state index contributed by atoms with van der Waals surface area (Å²) in [6.07, 6.45) is -1.79. The van der Waals surface area contributed by atoms with E-state index in [4.69, 9.17) is 16.7 Å². The minimum absolute atomic E-state index is 0.0292. The fourth-order valence-corrected chi connectivity index (χ4v) is 2.34. The molecule has 1 heterocycles. The molecule has 0 aliphatic rings. The van der Waals surface area contributed by atoms with E-state index in [2.05, 4.69) is 5.10 Å². The largest absolute Gasteiger partial charge is 0.435 e. The summed E-state index contributed by atoms with van der Waals surface area (Å²) in [4.78, 5) is 0. The highest BCUT2D eigenvalue weighted by Gasteiger charge is 2.36. The fourth-order valence-electron chi connectivity index (χ4n) is 2.22. The Morgan fingerprint density at radius 2 is 1.82 bits per heavy atom. The van der Waals surface area contributed by atoms with Crippen LogP contribution in [0.25, 0.3) is 0 Å². The molecule has 0 aliphatic heterocycles. The number of hydrogen-bond donors (Lipinski definition) is 1. The molecule has 2 aromatic rings. The maximum absolute atomic E-state index is 12.8. The van der Waals surface area contributed by atoms with Crippen LogP contribution in [0.15, 0.2) is 30.5 Å². The second kappa shape index (κ2) is 7.15. The molecule has 1 aromatic carbocycles. The molecule has 0 atom stereocenters.